The summed E-state index contributed by atoms with van der Waals surface area (Å²) >= 11 is 0. The molecule has 0 atom stereocenters. The van der Waals surface area contributed by atoms with Gasteiger partial charge >= 0.3 is 6.09 Å². The summed E-state index contributed by atoms with van der Waals surface area (Å²) < 4.78 is 9.70. The number of hydrogen-bond acceptors (Lipinski definition) is 2. The van der Waals surface area contributed by atoms with E-state index < -0.39 is 11.6 Å². The third-order valence-electron chi connectivity index (χ3n) is 5.59. The van der Waals surface area contributed by atoms with Crippen LogP contribution in [0.1, 0.15) is 77.3 Å². The lowest BCUT2D eigenvalue weighted by Gasteiger charge is -2.27. The van der Waals surface area contributed by atoms with Gasteiger partial charge in [0.15, 0.2) is 0 Å². The van der Waals surface area contributed by atoms with Crippen LogP contribution in [0.4, 0.5) is 4.79 Å². The molecule has 1 amide bonds. The number of ether oxygens (including phenoxy) is 1. The minimum atomic E-state index is -0.532. The number of nitrogens with one attached hydrogen (secondary N) is 1. The highest BCUT2D eigenvalue weighted by Crippen LogP contribution is 2.23. The summed E-state index contributed by atoms with van der Waals surface area (Å²) in [6.45, 7) is 14.2. The molecule has 0 radical (unpaired) electrons. The summed E-state index contributed by atoms with van der Waals surface area (Å²) in [7, 11) is 0. The molecule has 31 heavy (non-hydrogen) atoms. The van der Waals surface area contributed by atoms with Crippen LogP contribution in [-0.2, 0) is 23.4 Å². The number of allylic oxidation sites excluding steroid dienone is 1. The van der Waals surface area contributed by atoms with Crippen LogP contribution in [0.5, 0.6) is 0 Å². The van der Waals surface area contributed by atoms with Crippen LogP contribution in [-0.4, -0.2) is 17.3 Å². The van der Waals surface area contributed by atoms with E-state index in [1.165, 1.54) is 38.5 Å². The number of hydrogen-bond donors (Lipinski definition) is 1. The minimum Gasteiger partial charge on any atom is -0.445 e. The summed E-state index contributed by atoms with van der Waals surface area (Å²) in [5.41, 5.74) is 2.56. The second-order valence-electron chi connectivity index (χ2n) is 8.90. The van der Waals surface area contributed by atoms with Gasteiger partial charge in [0, 0.05) is 0 Å². The molecule has 2 aromatic rings. The highest BCUT2D eigenvalue weighted by molar-refractivity contribution is 5.69. The molecule has 0 spiro atoms. The van der Waals surface area contributed by atoms with Gasteiger partial charge in [0.2, 0.25) is 6.33 Å². The van der Waals surface area contributed by atoms with Gasteiger partial charge in [-0.1, -0.05) is 63.0 Å². The number of amides is 1. The number of aromatic nitrogens is 2. The fourth-order valence-corrected chi connectivity index (χ4v) is 3.56. The van der Waals surface area contributed by atoms with Gasteiger partial charge in [-0.3, -0.25) is 0 Å². The van der Waals surface area contributed by atoms with Gasteiger partial charge in [-0.25, -0.2) is 13.9 Å². The van der Waals surface area contributed by atoms with E-state index in [-0.39, 0.29) is 0 Å². The average Bonchev–Trinajstić information content (AvgIpc) is 3.18. The topological polar surface area (TPSA) is 47.1 Å². The van der Waals surface area contributed by atoms with Crippen molar-refractivity contribution in [3.05, 3.63) is 60.7 Å². The summed E-state index contributed by atoms with van der Waals surface area (Å²) in [5.74, 6) is 0. The van der Waals surface area contributed by atoms with E-state index in [2.05, 4.69) is 46.5 Å². The third kappa shape index (κ3) is 8.60. The van der Waals surface area contributed by atoms with E-state index in [4.69, 9.17) is 4.74 Å². The lowest BCUT2D eigenvalue weighted by Crippen LogP contribution is -2.41. The van der Waals surface area contributed by atoms with Crippen LogP contribution in [0, 0.1) is 0 Å². The van der Waals surface area contributed by atoms with Gasteiger partial charge in [0.1, 0.15) is 25.5 Å². The van der Waals surface area contributed by atoms with Crippen molar-refractivity contribution in [3.8, 4) is 0 Å². The molecule has 5 nitrogen and oxygen atoms in total. The van der Waals surface area contributed by atoms with E-state index >= 15 is 0 Å². The van der Waals surface area contributed by atoms with E-state index in [0.717, 1.165) is 23.2 Å². The lowest BCUT2D eigenvalue weighted by molar-refractivity contribution is -0.696. The van der Waals surface area contributed by atoms with E-state index in [0.29, 0.717) is 13.2 Å². The van der Waals surface area contributed by atoms with Crippen LogP contribution in [0.3, 0.4) is 0 Å². The van der Waals surface area contributed by atoms with Crippen molar-refractivity contribution < 1.29 is 14.1 Å². The zero-order valence-corrected chi connectivity index (χ0v) is 19.8. The van der Waals surface area contributed by atoms with E-state index in [1.54, 1.807) is 0 Å². The lowest BCUT2D eigenvalue weighted by atomic mass is 9.92. The molecule has 0 aliphatic heterocycles. The van der Waals surface area contributed by atoms with Crippen LogP contribution in [0.25, 0.3) is 5.57 Å². The second-order valence-corrected chi connectivity index (χ2v) is 8.90. The quantitative estimate of drug-likeness (QED) is 0.323. The smallest absolute Gasteiger partial charge is 0.407 e. The number of rotatable bonds is 13. The molecule has 1 heterocycles. The Balaban J connectivity index is 1.72. The maximum atomic E-state index is 12.3. The van der Waals surface area contributed by atoms with Gasteiger partial charge in [-0.2, -0.15) is 0 Å². The molecule has 2 rings (SSSR count). The van der Waals surface area contributed by atoms with Crippen molar-refractivity contribution in [2.24, 2.45) is 0 Å². The number of carbonyl (C=O) groups excluding carboxylic acids is 1. The summed E-state index contributed by atoms with van der Waals surface area (Å²) in [5, 5.41) is 2.97. The average molecular weight is 427 g/mol. The van der Waals surface area contributed by atoms with Crippen molar-refractivity contribution >= 4 is 11.7 Å². The molecule has 5 heteroatoms. The van der Waals surface area contributed by atoms with Crippen LogP contribution in [0.15, 0.2) is 49.6 Å². The predicted octanol–water partition coefficient (Wildman–Crippen LogP) is 5.83. The van der Waals surface area contributed by atoms with Gasteiger partial charge < -0.3 is 10.1 Å². The van der Waals surface area contributed by atoms with Crippen LogP contribution in [0.2, 0.25) is 0 Å². The molecule has 1 aromatic carbocycles. The van der Waals surface area contributed by atoms with E-state index in [1.807, 2.05) is 45.2 Å². The molecule has 0 saturated heterocycles. The summed E-state index contributed by atoms with van der Waals surface area (Å²) in [6.07, 6.45) is 13.6. The Morgan fingerprint density at radius 3 is 2.68 bits per heavy atom. The van der Waals surface area contributed by atoms with Crippen molar-refractivity contribution in [3.63, 3.8) is 0 Å². The second kappa shape index (κ2) is 12.3. The molecule has 170 valence electrons. The molecule has 1 aromatic heterocycles. The first-order valence-electron chi connectivity index (χ1n) is 11.6. The first-order chi connectivity index (χ1) is 14.8. The summed E-state index contributed by atoms with van der Waals surface area (Å²) in [4.78, 5) is 12.3. The normalized spacial score (nSPS) is 11.4. The van der Waals surface area contributed by atoms with Crippen LogP contribution < -0.4 is 9.88 Å². The number of carbonyl (C=O) groups is 1. The Morgan fingerprint density at radius 1 is 1.19 bits per heavy atom. The standard InChI is InChI=1S/C26H39N3O2/c1-6-7-8-9-10-11-15-28-16-17-29(21-28)18-19-31-25(30)27-26(4,5)24-14-12-13-23(20-24)22(2)3/h12-14,16-17,20-21H,2,6-11,15,18-19H2,1,3-5H3/p+1. The van der Waals surface area contributed by atoms with E-state index in [9.17, 15) is 4.79 Å². The number of unbranched alkanes of at least 4 members (excludes halogenated alkanes) is 5. The highest BCUT2D eigenvalue weighted by Gasteiger charge is 2.24. The fourth-order valence-electron chi connectivity index (χ4n) is 3.56. The monoisotopic (exact) mass is 426 g/mol. The molecule has 0 unspecified atom stereocenters. The van der Waals surface area contributed by atoms with Gasteiger partial charge in [0.05, 0.1) is 12.1 Å². The highest BCUT2D eigenvalue weighted by atomic mass is 16.5. The number of imidazole rings is 1. The molecular formula is C26H40N3O2+. The van der Waals surface area contributed by atoms with Crippen molar-refractivity contribution in [2.45, 2.75) is 84.8 Å². The maximum Gasteiger partial charge on any atom is 0.407 e. The Labute approximate surface area is 188 Å². The first kappa shape index (κ1) is 24.7. The largest absolute Gasteiger partial charge is 0.445 e. The molecule has 0 bridgehead atoms. The van der Waals surface area contributed by atoms with Gasteiger partial charge in [-0.15, -0.1) is 0 Å². The Bertz CT molecular complexity index is 839. The van der Waals surface area contributed by atoms with Crippen LogP contribution >= 0.6 is 0 Å². The maximum absolute atomic E-state index is 12.3. The number of benzene rings is 1. The molecule has 0 fully saturated rings. The number of aryl methyl sites for hydroxylation is 1. The van der Waals surface area contributed by atoms with Crippen molar-refractivity contribution in [2.75, 3.05) is 6.61 Å². The zero-order chi connectivity index (χ0) is 22.7. The minimum absolute atomic E-state index is 0.333. The molecule has 0 aliphatic rings. The molecule has 0 saturated carbocycles. The van der Waals surface area contributed by atoms with Gasteiger partial charge in [-0.05, 0) is 50.8 Å². The molecule has 0 aliphatic carbocycles. The van der Waals surface area contributed by atoms with Crippen molar-refractivity contribution in [1.29, 1.82) is 0 Å². The first-order valence-corrected chi connectivity index (χ1v) is 11.6. The SMILES string of the molecule is C=C(C)c1cccc(C(C)(C)NC(=O)OCCn2cc[n+](CCCCCCCC)c2)c1. The number of nitrogens with zero attached hydrogens (tertiary/aromatic N) is 2. The Morgan fingerprint density at radius 2 is 1.94 bits per heavy atom. The fraction of sp³-hybridized carbons (Fsp3) is 0.538. The zero-order valence-electron chi connectivity index (χ0n) is 19.8. The molecular weight excluding hydrogens is 386 g/mol. The van der Waals surface area contributed by atoms with Gasteiger partial charge in [0.25, 0.3) is 0 Å². The summed E-state index contributed by atoms with van der Waals surface area (Å²) in [6, 6.07) is 8.08. The Hall–Kier alpha value is -2.56. The third-order valence-corrected chi connectivity index (χ3v) is 5.59. The van der Waals surface area contributed by atoms with Crippen molar-refractivity contribution in [1.82, 2.24) is 9.88 Å². The predicted molar refractivity (Wildman–Crippen MR) is 127 cm³/mol. The Kier molecular flexibility index (Phi) is 9.83. The number of alkyl carbamates (subject to hydrolysis) is 1. The molecule has 1 N–H and O–H groups in total.